The van der Waals surface area contributed by atoms with Crippen molar-refractivity contribution in [3.63, 3.8) is 0 Å². The molecule has 2 nitrogen and oxygen atoms in total. The zero-order chi connectivity index (χ0) is 9.41. The van der Waals surface area contributed by atoms with Crippen molar-refractivity contribution in [2.45, 2.75) is 32.8 Å². The van der Waals surface area contributed by atoms with Crippen LogP contribution in [0, 0.1) is 11.3 Å². The van der Waals surface area contributed by atoms with E-state index < -0.39 is 5.60 Å². The minimum Gasteiger partial charge on any atom is -0.382 e. The number of hydrogen-bond acceptors (Lipinski definition) is 2. The second kappa shape index (κ2) is 2.70. The molecular formula is C10H16O2. The predicted molar refractivity (Wildman–Crippen MR) is 47.7 cm³/mol. The van der Waals surface area contributed by atoms with Crippen LogP contribution in [0.3, 0.4) is 0 Å². The average Bonchev–Trinajstić information content (AvgIpc) is 2.30. The number of aldehydes is 1. The van der Waals surface area contributed by atoms with Crippen LogP contribution in [0.1, 0.15) is 27.2 Å². The summed E-state index contributed by atoms with van der Waals surface area (Å²) in [6, 6.07) is 0. The van der Waals surface area contributed by atoms with Gasteiger partial charge in [-0.1, -0.05) is 26.0 Å². The van der Waals surface area contributed by atoms with Crippen molar-refractivity contribution in [3.8, 4) is 0 Å². The first-order valence-corrected chi connectivity index (χ1v) is 4.26. The quantitative estimate of drug-likeness (QED) is 0.501. The minimum absolute atomic E-state index is 0.0162. The van der Waals surface area contributed by atoms with Crippen molar-refractivity contribution in [1.82, 2.24) is 0 Å². The van der Waals surface area contributed by atoms with Gasteiger partial charge in [-0.05, 0) is 18.8 Å². The van der Waals surface area contributed by atoms with Gasteiger partial charge in [-0.3, -0.25) is 0 Å². The first kappa shape index (κ1) is 9.46. The van der Waals surface area contributed by atoms with E-state index in [9.17, 15) is 9.90 Å². The van der Waals surface area contributed by atoms with Crippen molar-refractivity contribution in [2.75, 3.05) is 0 Å². The van der Waals surface area contributed by atoms with Gasteiger partial charge in [-0.2, -0.15) is 0 Å². The van der Waals surface area contributed by atoms with E-state index in [2.05, 4.69) is 6.08 Å². The molecule has 1 aliphatic rings. The Morgan fingerprint density at radius 3 is 2.58 bits per heavy atom. The lowest BCUT2D eigenvalue weighted by molar-refractivity contribution is -0.130. The fourth-order valence-electron chi connectivity index (χ4n) is 2.00. The van der Waals surface area contributed by atoms with Crippen LogP contribution in [0.4, 0.5) is 0 Å². The van der Waals surface area contributed by atoms with E-state index in [1.165, 1.54) is 0 Å². The van der Waals surface area contributed by atoms with Gasteiger partial charge in [-0.25, -0.2) is 0 Å². The van der Waals surface area contributed by atoms with Gasteiger partial charge in [-0.15, -0.1) is 0 Å². The maximum atomic E-state index is 10.6. The van der Waals surface area contributed by atoms with Crippen molar-refractivity contribution in [3.05, 3.63) is 12.2 Å². The van der Waals surface area contributed by atoms with Crippen LogP contribution >= 0.6 is 0 Å². The van der Waals surface area contributed by atoms with E-state index in [0.717, 1.165) is 6.42 Å². The normalized spacial score (nSPS) is 31.5. The zero-order valence-electron chi connectivity index (χ0n) is 7.87. The summed E-state index contributed by atoms with van der Waals surface area (Å²) in [7, 11) is 0. The Kier molecular flexibility index (Phi) is 2.13. The average molecular weight is 168 g/mol. The van der Waals surface area contributed by atoms with Gasteiger partial charge in [0.15, 0.2) is 6.29 Å². The monoisotopic (exact) mass is 168 g/mol. The molecule has 0 saturated carbocycles. The highest BCUT2D eigenvalue weighted by molar-refractivity contribution is 5.62. The molecule has 1 rings (SSSR count). The molecule has 68 valence electrons. The lowest BCUT2D eigenvalue weighted by Gasteiger charge is -2.34. The fourth-order valence-corrected chi connectivity index (χ4v) is 2.00. The van der Waals surface area contributed by atoms with E-state index in [1.54, 1.807) is 6.92 Å². The van der Waals surface area contributed by atoms with Crippen LogP contribution < -0.4 is 0 Å². The minimum atomic E-state index is -1.19. The molecule has 1 N–H and O–H groups in total. The molecule has 1 aliphatic carbocycles. The molecule has 2 atom stereocenters. The molecule has 0 radical (unpaired) electrons. The van der Waals surface area contributed by atoms with Crippen molar-refractivity contribution in [2.24, 2.45) is 11.3 Å². The SMILES string of the molecule is CC1(C)C=CC[C@H]1[C@](C)(O)C=O. The summed E-state index contributed by atoms with van der Waals surface area (Å²) < 4.78 is 0. The summed E-state index contributed by atoms with van der Waals surface area (Å²) >= 11 is 0. The number of carbonyl (C=O) groups is 1. The fraction of sp³-hybridized carbons (Fsp3) is 0.700. The first-order valence-electron chi connectivity index (χ1n) is 4.26. The van der Waals surface area contributed by atoms with Crippen LogP contribution in [0.5, 0.6) is 0 Å². The maximum absolute atomic E-state index is 10.6. The smallest absolute Gasteiger partial charge is 0.151 e. The summed E-state index contributed by atoms with van der Waals surface area (Å²) in [6.07, 6.45) is 5.53. The summed E-state index contributed by atoms with van der Waals surface area (Å²) in [5.41, 5.74) is -1.25. The Labute approximate surface area is 73.3 Å². The molecule has 0 aliphatic heterocycles. The lowest BCUT2D eigenvalue weighted by Crippen LogP contribution is -2.41. The largest absolute Gasteiger partial charge is 0.382 e. The van der Waals surface area contributed by atoms with Crippen molar-refractivity contribution >= 4 is 6.29 Å². The summed E-state index contributed by atoms with van der Waals surface area (Å²) in [6.45, 7) is 5.66. The van der Waals surface area contributed by atoms with Gasteiger partial charge in [0.1, 0.15) is 5.60 Å². The molecule has 0 saturated heterocycles. The number of carbonyl (C=O) groups excluding carboxylic acids is 1. The highest BCUT2D eigenvalue weighted by Crippen LogP contribution is 2.42. The van der Waals surface area contributed by atoms with Gasteiger partial charge in [0, 0.05) is 5.92 Å². The van der Waals surface area contributed by atoms with Crippen LogP contribution in [0.2, 0.25) is 0 Å². The van der Waals surface area contributed by atoms with Gasteiger partial charge < -0.3 is 9.90 Å². The molecule has 0 aromatic heterocycles. The zero-order valence-corrected chi connectivity index (χ0v) is 7.87. The standard InChI is InChI=1S/C10H16O2/c1-9(2)6-4-5-8(9)10(3,12)7-11/h4,6-8,12H,5H2,1-3H3/t8-,10-/m1/s1. The predicted octanol–water partition coefficient (Wildman–Crippen LogP) is 1.54. The van der Waals surface area contributed by atoms with Gasteiger partial charge in [0.25, 0.3) is 0 Å². The Hall–Kier alpha value is -0.630. The molecule has 0 bridgehead atoms. The number of hydrogen-bond donors (Lipinski definition) is 1. The lowest BCUT2D eigenvalue weighted by atomic mass is 9.73. The van der Waals surface area contributed by atoms with E-state index in [1.807, 2.05) is 19.9 Å². The van der Waals surface area contributed by atoms with Crippen LogP contribution in [-0.4, -0.2) is 17.0 Å². The van der Waals surface area contributed by atoms with Crippen molar-refractivity contribution < 1.29 is 9.90 Å². The van der Waals surface area contributed by atoms with E-state index in [-0.39, 0.29) is 11.3 Å². The Bertz CT molecular complexity index is 214. The van der Waals surface area contributed by atoms with Gasteiger partial charge in [0.2, 0.25) is 0 Å². The third kappa shape index (κ3) is 1.44. The summed E-state index contributed by atoms with van der Waals surface area (Å²) in [5.74, 6) is 0.0162. The van der Waals surface area contributed by atoms with Crippen LogP contribution in [-0.2, 0) is 4.79 Å². The molecule has 0 fully saturated rings. The van der Waals surface area contributed by atoms with E-state index in [4.69, 9.17) is 0 Å². The Morgan fingerprint density at radius 2 is 2.25 bits per heavy atom. The summed E-state index contributed by atoms with van der Waals surface area (Å²) in [4.78, 5) is 10.6. The molecule has 12 heavy (non-hydrogen) atoms. The van der Waals surface area contributed by atoms with Crippen LogP contribution in [0.25, 0.3) is 0 Å². The third-order valence-electron chi connectivity index (χ3n) is 2.76. The molecule has 0 aromatic carbocycles. The molecule has 0 spiro atoms. The molecule has 0 heterocycles. The van der Waals surface area contributed by atoms with Gasteiger partial charge >= 0.3 is 0 Å². The number of allylic oxidation sites excluding steroid dienone is 2. The second-order valence-electron chi connectivity index (χ2n) is 4.36. The first-order chi connectivity index (χ1) is 5.40. The second-order valence-corrected chi connectivity index (χ2v) is 4.36. The van der Waals surface area contributed by atoms with Gasteiger partial charge in [0.05, 0.1) is 0 Å². The topological polar surface area (TPSA) is 37.3 Å². The Balaban J connectivity index is 2.85. The highest BCUT2D eigenvalue weighted by Gasteiger charge is 2.42. The number of aliphatic hydroxyl groups is 1. The van der Waals surface area contributed by atoms with Crippen LogP contribution in [0.15, 0.2) is 12.2 Å². The molecular weight excluding hydrogens is 152 g/mol. The molecule has 2 heteroatoms. The highest BCUT2D eigenvalue weighted by atomic mass is 16.3. The third-order valence-corrected chi connectivity index (χ3v) is 2.76. The van der Waals surface area contributed by atoms with E-state index in [0.29, 0.717) is 6.29 Å². The molecule has 0 aromatic rings. The van der Waals surface area contributed by atoms with Crippen molar-refractivity contribution in [1.29, 1.82) is 0 Å². The Morgan fingerprint density at radius 1 is 1.67 bits per heavy atom. The van der Waals surface area contributed by atoms with E-state index >= 15 is 0 Å². The molecule has 0 amide bonds. The summed E-state index contributed by atoms with van der Waals surface area (Å²) in [5, 5.41) is 9.75. The maximum Gasteiger partial charge on any atom is 0.151 e. The number of rotatable bonds is 2. The molecule has 0 unspecified atom stereocenters.